The minimum absolute atomic E-state index is 0.508. The molecule has 0 spiro atoms. The Morgan fingerprint density at radius 1 is 1.20 bits per heavy atom. The van der Waals surface area contributed by atoms with E-state index in [1.54, 1.807) is 0 Å². The molecule has 1 fully saturated rings. The van der Waals surface area contributed by atoms with Crippen LogP contribution in [0.3, 0.4) is 0 Å². The fraction of sp³-hybridized carbons (Fsp3) is 0.588. The molecule has 3 heteroatoms. The summed E-state index contributed by atoms with van der Waals surface area (Å²) in [6, 6.07) is 9.00. The quantitative estimate of drug-likeness (QED) is 0.809. The first-order valence-corrected chi connectivity index (χ1v) is 8.17. The van der Waals surface area contributed by atoms with Gasteiger partial charge in [-0.25, -0.2) is 0 Å². The maximum absolute atomic E-state index is 5.45. The fourth-order valence-corrected chi connectivity index (χ4v) is 3.21. The van der Waals surface area contributed by atoms with E-state index in [2.05, 4.69) is 55.7 Å². The second-order valence-corrected chi connectivity index (χ2v) is 6.43. The summed E-state index contributed by atoms with van der Waals surface area (Å²) in [6.07, 6.45) is 4.94. The van der Waals surface area contributed by atoms with Crippen molar-refractivity contribution in [2.24, 2.45) is 11.8 Å². The van der Waals surface area contributed by atoms with E-state index in [-0.39, 0.29) is 0 Å². The van der Waals surface area contributed by atoms with Crippen molar-refractivity contribution in [1.29, 1.82) is 0 Å². The maximum Gasteiger partial charge on any atom is 0.171 e. The summed E-state index contributed by atoms with van der Waals surface area (Å²) in [6.45, 7) is 6.85. The Balaban J connectivity index is 1.88. The van der Waals surface area contributed by atoms with Crippen LogP contribution in [-0.4, -0.2) is 11.2 Å². The smallest absolute Gasteiger partial charge is 0.171 e. The molecule has 2 rings (SSSR count). The number of nitrogens with one attached hydrogen (secondary N) is 2. The van der Waals surface area contributed by atoms with Crippen molar-refractivity contribution in [1.82, 2.24) is 5.32 Å². The van der Waals surface area contributed by atoms with Crippen molar-refractivity contribution in [2.45, 2.75) is 52.5 Å². The van der Waals surface area contributed by atoms with Gasteiger partial charge in [0.2, 0.25) is 0 Å². The average molecular weight is 290 g/mol. The van der Waals surface area contributed by atoms with Crippen LogP contribution in [0.5, 0.6) is 0 Å². The van der Waals surface area contributed by atoms with Crippen LogP contribution in [0.2, 0.25) is 0 Å². The number of thiocarbonyl (C=S) groups is 1. The molecule has 0 amide bonds. The lowest BCUT2D eigenvalue weighted by molar-refractivity contribution is 0.225. The summed E-state index contributed by atoms with van der Waals surface area (Å²) in [7, 11) is 0. The topological polar surface area (TPSA) is 24.1 Å². The minimum Gasteiger partial charge on any atom is -0.359 e. The van der Waals surface area contributed by atoms with Crippen LogP contribution in [-0.2, 0) is 6.42 Å². The highest BCUT2D eigenvalue weighted by atomic mass is 32.1. The summed E-state index contributed by atoms with van der Waals surface area (Å²) in [5.41, 5.74) is 2.42. The zero-order chi connectivity index (χ0) is 14.5. The molecule has 0 aromatic heterocycles. The number of hydrogen-bond donors (Lipinski definition) is 2. The lowest BCUT2D eigenvalue weighted by atomic mass is 9.78. The van der Waals surface area contributed by atoms with Gasteiger partial charge in [-0.15, -0.1) is 0 Å². The van der Waals surface area contributed by atoms with Crippen LogP contribution in [0.15, 0.2) is 24.3 Å². The number of aryl methyl sites for hydroxylation is 1. The van der Waals surface area contributed by atoms with Crippen LogP contribution in [0.1, 0.15) is 45.6 Å². The van der Waals surface area contributed by atoms with Gasteiger partial charge in [0, 0.05) is 11.7 Å². The Bertz CT molecular complexity index is 441. The third kappa shape index (κ3) is 3.95. The maximum atomic E-state index is 5.45. The molecule has 110 valence electrons. The van der Waals surface area contributed by atoms with E-state index >= 15 is 0 Å². The molecule has 1 aliphatic rings. The third-order valence-corrected chi connectivity index (χ3v) is 4.86. The first kappa shape index (κ1) is 15.3. The van der Waals surface area contributed by atoms with Crippen LogP contribution in [0.4, 0.5) is 5.69 Å². The van der Waals surface area contributed by atoms with Gasteiger partial charge in [-0.3, -0.25) is 0 Å². The molecular formula is C17H26N2S. The Kier molecular flexibility index (Phi) is 5.41. The molecular weight excluding hydrogens is 264 g/mol. The van der Waals surface area contributed by atoms with Gasteiger partial charge in [-0.2, -0.15) is 0 Å². The van der Waals surface area contributed by atoms with Gasteiger partial charge < -0.3 is 10.6 Å². The molecule has 1 aromatic carbocycles. The summed E-state index contributed by atoms with van der Waals surface area (Å²) in [5, 5.41) is 7.54. The van der Waals surface area contributed by atoms with E-state index in [1.165, 1.54) is 24.8 Å². The van der Waals surface area contributed by atoms with E-state index in [0.717, 1.165) is 23.1 Å². The van der Waals surface area contributed by atoms with E-state index in [4.69, 9.17) is 12.2 Å². The number of rotatable bonds is 3. The predicted octanol–water partition coefficient (Wildman–Crippen LogP) is 4.36. The van der Waals surface area contributed by atoms with Gasteiger partial charge >= 0.3 is 0 Å². The van der Waals surface area contributed by atoms with Gasteiger partial charge in [0.05, 0.1) is 0 Å². The number of hydrogen-bond acceptors (Lipinski definition) is 1. The first-order chi connectivity index (χ1) is 9.60. The summed E-state index contributed by atoms with van der Waals surface area (Å²) in [5.74, 6) is 1.47. The molecule has 2 nitrogen and oxygen atoms in total. The molecule has 1 aliphatic carbocycles. The van der Waals surface area contributed by atoms with Gasteiger partial charge in [-0.1, -0.05) is 45.7 Å². The minimum atomic E-state index is 0.508. The molecule has 3 unspecified atom stereocenters. The standard InChI is InChI=1S/C17H26N2S/c1-4-14-8-10-15(11-9-14)18-17(20)19-16-7-5-6-12(2)13(16)3/h8-13,16H,4-7H2,1-3H3,(H2,18,19,20). The van der Waals surface area contributed by atoms with Gasteiger partial charge in [0.1, 0.15) is 0 Å². The summed E-state index contributed by atoms with van der Waals surface area (Å²) >= 11 is 5.45. The molecule has 0 saturated heterocycles. The Morgan fingerprint density at radius 2 is 1.90 bits per heavy atom. The molecule has 0 radical (unpaired) electrons. The van der Waals surface area contributed by atoms with E-state index in [0.29, 0.717) is 12.0 Å². The normalized spacial score (nSPS) is 26.1. The van der Waals surface area contributed by atoms with Crippen molar-refractivity contribution < 1.29 is 0 Å². The first-order valence-electron chi connectivity index (χ1n) is 7.76. The van der Waals surface area contributed by atoms with Crippen LogP contribution < -0.4 is 10.6 Å². The number of benzene rings is 1. The molecule has 2 N–H and O–H groups in total. The second-order valence-electron chi connectivity index (χ2n) is 6.02. The van der Waals surface area contributed by atoms with Crippen molar-refractivity contribution in [3.8, 4) is 0 Å². The fourth-order valence-electron chi connectivity index (χ4n) is 2.95. The molecule has 0 bridgehead atoms. The van der Waals surface area contributed by atoms with Gasteiger partial charge in [0.25, 0.3) is 0 Å². The second kappa shape index (κ2) is 7.07. The zero-order valence-corrected chi connectivity index (χ0v) is 13.6. The van der Waals surface area contributed by atoms with Crippen molar-refractivity contribution in [3.05, 3.63) is 29.8 Å². The SMILES string of the molecule is CCc1ccc(NC(=S)NC2CCCC(C)C2C)cc1. The molecule has 1 saturated carbocycles. The van der Waals surface area contributed by atoms with E-state index in [1.807, 2.05) is 0 Å². The molecule has 3 atom stereocenters. The van der Waals surface area contributed by atoms with Crippen molar-refractivity contribution >= 4 is 23.0 Å². The monoisotopic (exact) mass is 290 g/mol. The van der Waals surface area contributed by atoms with Crippen LogP contribution >= 0.6 is 12.2 Å². The molecule has 20 heavy (non-hydrogen) atoms. The average Bonchev–Trinajstić information content (AvgIpc) is 2.45. The molecule has 0 heterocycles. The van der Waals surface area contributed by atoms with Gasteiger partial charge in [0.15, 0.2) is 5.11 Å². The van der Waals surface area contributed by atoms with Crippen LogP contribution in [0, 0.1) is 11.8 Å². The lowest BCUT2D eigenvalue weighted by Crippen LogP contribution is -2.45. The summed E-state index contributed by atoms with van der Waals surface area (Å²) < 4.78 is 0. The predicted molar refractivity (Wildman–Crippen MR) is 91.1 cm³/mol. The summed E-state index contributed by atoms with van der Waals surface area (Å²) in [4.78, 5) is 0. The highest BCUT2D eigenvalue weighted by Gasteiger charge is 2.27. The Hall–Kier alpha value is -1.09. The van der Waals surface area contributed by atoms with E-state index in [9.17, 15) is 0 Å². The van der Waals surface area contributed by atoms with Crippen molar-refractivity contribution in [3.63, 3.8) is 0 Å². The zero-order valence-electron chi connectivity index (χ0n) is 12.8. The largest absolute Gasteiger partial charge is 0.359 e. The third-order valence-electron chi connectivity index (χ3n) is 4.64. The van der Waals surface area contributed by atoms with E-state index < -0.39 is 0 Å². The number of anilines is 1. The Morgan fingerprint density at radius 3 is 2.55 bits per heavy atom. The highest BCUT2D eigenvalue weighted by Crippen LogP contribution is 2.29. The van der Waals surface area contributed by atoms with Crippen LogP contribution in [0.25, 0.3) is 0 Å². The molecule has 0 aliphatic heterocycles. The lowest BCUT2D eigenvalue weighted by Gasteiger charge is -2.35. The van der Waals surface area contributed by atoms with Crippen molar-refractivity contribution in [2.75, 3.05) is 5.32 Å². The highest BCUT2D eigenvalue weighted by molar-refractivity contribution is 7.80. The van der Waals surface area contributed by atoms with Gasteiger partial charge in [-0.05, 0) is 54.6 Å². The Labute approximate surface area is 128 Å². The molecule has 1 aromatic rings.